The maximum atomic E-state index is 12.8. The predicted molar refractivity (Wildman–Crippen MR) is 86.6 cm³/mol. The smallest absolute Gasteiger partial charge is 0.239 e. The van der Waals surface area contributed by atoms with Gasteiger partial charge in [0.15, 0.2) is 0 Å². The fourth-order valence-electron chi connectivity index (χ4n) is 3.57. The summed E-state index contributed by atoms with van der Waals surface area (Å²) >= 11 is 1.82. The number of hydrogen-bond donors (Lipinski definition) is 0. The van der Waals surface area contributed by atoms with Crippen LogP contribution in [0.1, 0.15) is 24.3 Å². The average molecular weight is 307 g/mol. The van der Waals surface area contributed by atoms with Crippen LogP contribution in [0.15, 0.2) is 11.4 Å². The zero-order valence-electron chi connectivity index (χ0n) is 13.2. The van der Waals surface area contributed by atoms with Gasteiger partial charge in [-0.25, -0.2) is 0 Å². The first-order valence-electron chi connectivity index (χ1n) is 7.84. The van der Waals surface area contributed by atoms with Crippen molar-refractivity contribution in [2.45, 2.75) is 38.9 Å². The number of carbonyl (C=O) groups excluding carboxylic acids is 1. The molecule has 0 bridgehead atoms. The maximum Gasteiger partial charge on any atom is 0.239 e. The molecule has 0 radical (unpaired) electrons. The minimum Gasteiger partial charge on any atom is -0.337 e. The van der Waals surface area contributed by atoms with Gasteiger partial charge in [-0.15, -0.1) is 11.3 Å². The Morgan fingerprint density at radius 1 is 1.38 bits per heavy atom. The van der Waals surface area contributed by atoms with Gasteiger partial charge in [0.1, 0.15) is 0 Å². The molecule has 0 spiro atoms. The summed E-state index contributed by atoms with van der Waals surface area (Å²) in [4.78, 5) is 21.0. The minimum atomic E-state index is -0.00566. The van der Waals surface area contributed by atoms with Crippen LogP contribution in [-0.2, 0) is 17.8 Å². The first kappa shape index (κ1) is 15.0. The molecular weight excluding hydrogens is 282 g/mol. The van der Waals surface area contributed by atoms with E-state index < -0.39 is 0 Å². The second kappa shape index (κ2) is 6.07. The van der Waals surface area contributed by atoms with E-state index in [1.165, 1.54) is 10.4 Å². The lowest BCUT2D eigenvalue weighted by atomic mass is 10.1. The van der Waals surface area contributed by atoms with Gasteiger partial charge < -0.3 is 9.80 Å². The number of nitrogens with zero attached hydrogens (tertiary/aromatic N) is 3. The molecule has 0 N–H and O–H groups in total. The Morgan fingerprint density at radius 2 is 2.19 bits per heavy atom. The Bertz CT molecular complexity index is 515. The normalized spacial score (nSPS) is 25.7. The Balaban J connectivity index is 1.65. The summed E-state index contributed by atoms with van der Waals surface area (Å²) in [5, 5.41) is 2.14. The molecule has 0 aromatic carbocycles. The van der Waals surface area contributed by atoms with Crippen LogP contribution < -0.4 is 0 Å². The molecule has 2 unspecified atom stereocenters. The second-order valence-electron chi connectivity index (χ2n) is 6.40. The van der Waals surface area contributed by atoms with Gasteiger partial charge in [-0.3, -0.25) is 9.69 Å². The van der Waals surface area contributed by atoms with E-state index in [2.05, 4.69) is 42.1 Å². The Labute approximate surface area is 131 Å². The number of likely N-dealkylation sites (N-methyl/N-ethyl adjacent to an activating group) is 1. The molecule has 21 heavy (non-hydrogen) atoms. The van der Waals surface area contributed by atoms with Gasteiger partial charge in [0.05, 0.1) is 6.04 Å². The van der Waals surface area contributed by atoms with E-state index in [9.17, 15) is 4.79 Å². The number of amides is 1. The van der Waals surface area contributed by atoms with E-state index in [4.69, 9.17) is 0 Å². The van der Waals surface area contributed by atoms with Crippen molar-refractivity contribution in [2.75, 3.05) is 33.2 Å². The van der Waals surface area contributed by atoms with E-state index in [1.807, 2.05) is 16.2 Å². The molecule has 3 heterocycles. The van der Waals surface area contributed by atoms with Gasteiger partial charge >= 0.3 is 0 Å². The van der Waals surface area contributed by atoms with Gasteiger partial charge in [-0.2, -0.15) is 0 Å². The molecule has 3 rings (SSSR count). The van der Waals surface area contributed by atoms with Crippen molar-refractivity contribution in [3.8, 4) is 0 Å². The molecule has 1 aromatic heterocycles. The molecule has 5 heteroatoms. The Kier molecular flexibility index (Phi) is 4.33. The highest BCUT2D eigenvalue weighted by Gasteiger charge is 2.33. The first-order valence-corrected chi connectivity index (χ1v) is 8.72. The van der Waals surface area contributed by atoms with Crippen molar-refractivity contribution in [2.24, 2.45) is 0 Å². The fraction of sp³-hybridized carbons (Fsp3) is 0.688. The minimum absolute atomic E-state index is 0.00566. The lowest BCUT2D eigenvalue weighted by Gasteiger charge is -2.42. The van der Waals surface area contributed by atoms with Gasteiger partial charge in [0, 0.05) is 43.6 Å². The van der Waals surface area contributed by atoms with E-state index in [0.29, 0.717) is 11.9 Å². The van der Waals surface area contributed by atoms with Crippen LogP contribution in [0.25, 0.3) is 0 Å². The van der Waals surface area contributed by atoms with Crippen LogP contribution in [0.3, 0.4) is 0 Å². The molecule has 0 aliphatic carbocycles. The van der Waals surface area contributed by atoms with Crippen molar-refractivity contribution >= 4 is 17.2 Å². The molecule has 1 saturated heterocycles. The van der Waals surface area contributed by atoms with Crippen LogP contribution in [0.2, 0.25) is 0 Å². The summed E-state index contributed by atoms with van der Waals surface area (Å²) in [6.45, 7) is 9.06. The summed E-state index contributed by atoms with van der Waals surface area (Å²) in [7, 11) is 2.16. The van der Waals surface area contributed by atoms with Crippen LogP contribution >= 0.6 is 11.3 Å². The molecule has 116 valence electrons. The predicted octanol–water partition coefficient (Wildman–Crippen LogP) is 1.66. The first-order chi connectivity index (χ1) is 10.1. The topological polar surface area (TPSA) is 26.8 Å². The average Bonchev–Trinajstić information content (AvgIpc) is 2.93. The molecule has 1 fully saturated rings. The standard InChI is InChI=1S/C16H25N3OS/c1-12-10-17(3)7-8-19(12)13(2)16(20)18-6-4-15-14(11-18)5-9-21-15/h5,9,12-13H,4,6-8,10-11H2,1-3H3. The summed E-state index contributed by atoms with van der Waals surface area (Å²) in [5.74, 6) is 0.295. The third kappa shape index (κ3) is 3.00. The molecule has 4 nitrogen and oxygen atoms in total. The fourth-order valence-corrected chi connectivity index (χ4v) is 4.46. The van der Waals surface area contributed by atoms with Crippen LogP contribution in [0.5, 0.6) is 0 Å². The van der Waals surface area contributed by atoms with Crippen molar-refractivity contribution in [1.82, 2.24) is 14.7 Å². The second-order valence-corrected chi connectivity index (χ2v) is 7.40. The van der Waals surface area contributed by atoms with E-state index in [-0.39, 0.29) is 6.04 Å². The number of fused-ring (bicyclic) bond motifs is 1. The van der Waals surface area contributed by atoms with Gasteiger partial charge in [-0.05, 0) is 44.3 Å². The third-order valence-corrected chi connectivity index (χ3v) is 5.88. The zero-order valence-corrected chi connectivity index (χ0v) is 14.0. The van der Waals surface area contributed by atoms with E-state index >= 15 is 0 Å². The summed E-state index contributed by atoms with van der Waals surface area (Å²) in [6, 6.07) is 2.61. The highest BCUT2D eigenvalue weighted by atomic mass is 32.1. The monoisotopic (exact) mass is 307 g/mol. The number of carbonyl (C=O) groups is 1. The number of piperazine rings is 1. The molecule has 2 aliphatic heterocycles. The highest BCUT2D eigenvalue weighted by molar-refractivity contribution is 7.10. The van der Waals surface area contributed by atoms with E-state index in [0.717, 1.165) is 39.1 Å². The number of hydrogen-bond acceptors (Lipinski definition) is 4. The van der Waals surface area contributed by atoms with Crippen LogP contribution in [0.4, 0.5) is 0 Å². The van der Waals surface area contributed by atoms with Crippen LogP contribution in [-0.4, -0.2) is 65.9 Å². The van der Waals surface area contributed by atoms with Crippen molar-refractivity contribution < 1.29 is 4.79 Å². The largest absolute Gasteiger partial charge is 0.337 e. The lowest BCUT2D eigenvalue weighted by Crippen LogP contribution is -2.58. The summed E-state index contributed by atoms with van der Waals surface area (Å²) < 4.78 is 0. The van der Waals surface area contributed by atoms with Crippen molar-refractivity contribution in [1.29, 1.82) is 0 Å². The Hall–Kier alpha value is -0.910. The molecule has 2 atom stereocenters. The van der Waals surface area contributed by atoms with Crippen LogP contribution in [0, 0.1) is 0 Å². The highest BCUT2D eigenvalue weighted by Crippen LogP contribution is 2.25. The number of rotatable bonds is 2. The maximum absolute atomic E-state index is 12.8. The van der Waals surface area contributed by atoms with Gasteiger partial charge in [-0.1, -0.05) is 0 Å². The van der Waals surface area contributed by atoms with Gasteiger partial charge in [0.2, 0.25) is 5.91 Å². The summed E-state index contributed by atoms with van der Waals surface area (Å²) in [6.07, 6.45) is 1.02. The Morgan fingerprint density at radius 3 is 2.95 bits per heavy atom. The molecule has 1 amide bonds. The number of thiophene rings is 1. The third-order valence-electron chi connectivity index (χ3n) is 4.86. The SMILES string of the molecule is CC1CN(C)CCN1C(C)C(=O)N1CCc2sccc2C1. The lowest BCUT2D eigenvalue weighted by molar-refractivity contribution is -0.139. The molecule has 0 saturated carbocycles. The van der Waals surface area contributed by atoms with Crippen molar-refractivity contribution in [3.63, 3.8) is 0 Å². The quantitative estimate of drug-likeness (QED) is 0.831. The molecule has 1 aromatic rings. The summed E-state index contributed by atoms with van der Waals surface area (Å²) in [5.41, 5.74) is 1.35. The van der Waals surface area contributed by atoms with Crippen molar-refractivity contribution in [3.05, 3.63) is 21.9 Å². The molecular formula is C16H25N3OS. The zero-order chi connectivity index (χ0) is 15.0. The molecule has 2 aliphatic rings. The van der Waals surface area contributed by atoms with E-state index in [1.54, 1.807) is 0 Å². The van der Waals surface area contributed by atoms with Gasteiger partial charge in [0.25, 0.3) is 0 Å².